The minimum absolute atomic E-state index is 0.0954. The molecule has 2 N–H and O–H groups in total. The molecule has 1 saturated carbocycles. The van der Waals surface area contributed by atoms with E-state index in [-0.39, 0.29) is 30.6 Å². The Morgan fingerprint density at radius 1 is 0.969 bits per heavy atom. The van der Waals surface area contributed by atoms with Crippen LogP contribution < -0.4 is 5.32 Å². The number of urea groups is 1. The number of carbonyl (C=O) groups is 1. The Morgan fingerprint density at radius 2 is 1.66 bits per heavy atom. The van der Waals surface area contributed by atoms with E-state index in [1.54, 1.807) is 0 Å². The monoisotopic (exact) mass is 434 g/mol. The zero-order valence-corrected chi connectivity index (χ0v) is 18.7. The molecule has 3 heterocycles. The molecule has 3 aliphatic rings. The number of aliphatic hydroxyl groups is 1. The van der Waals surface area contributed by atoms with E-state index in [0.29, 0.717) is 6.04 Å². The Labute approximate surface area is 190 Å². The van der Waals surface area contributed by atoms with Gasteiger partial charge < -0.3 is 15.3 Å². The average Bonchev–Trinajstić information content (AvgIpc) is 3.32. The first kappa shape index (κ1) is 21.4. The molecule has 2 saturated heterocycles. The third-order valence-corrected chi connectivity index (χ3v) is 7.65. The predicted molar refractivity (Wildman–Crippen MR) is 125 cm³/mol. The van der Waals surface area contributed by atoms with Gasteiger partial charge in [0, 0.05) is 49.5 Å². The van der Waals surface area contributed by atoms with Crippen LogP contribution in [0.2, 0.25) is 0 Å². The number of carbonyl (C=O) groups excluding carboxylic acids is 1. The fourth-order valence-electron chi connectivity index (χ4n) is 5.90. The van der Waals surface area contributed by atoms with Crippen LogP contribution in [0.15, 0.2) is 48.8 Å². The summed E-state index contributed by atoms with van der Waals surface area (Å²) < 4.78 is 0. The lowest BCUT2D eigenvalue weighted by Crippen LogP contribution is -2.68. The first-order valence-electron chi connectivity index (χ1n) is 12.2. The SMILES string of the molecule is O=C(NC1CCCC1)N1CCCCN2[C@H](CO)[C@H](c3ccc(-c4ccncc4)cc3)[C@H]2C1. The fourth-order valence-corrected chi connectivity index (χ4v) is 5.90. The Kier molecular flexibility index (Phi) is 6.42. The van der Waals surface area contributed by atoms with Gasteiger partial charge in [0.1, 0.15) is 0 Å². The Balaban J connectivity index is 1.33. The summed E-state index contributed by atoms with van der Waals surface area (Å²) in [5.41, 5.74) is 3.57. The smallest absolute Gasteiger partial charge is 0.317 e. The van der Waals surface area contributed by atoms with Crippen LogP contribution in [0.25, 0.3) is 11.1 Å². The van der Waals surface area contributed by atoms with Crippen molar-refractivity contribution in [1.29, 1.82) is 0 Å². The molecule has 0 bridgehead atoms. The number of fused-ring (bicyclic) bond motifs is 1. The topological polar surface area (TPSA) is 68.7 Å². The van der Waals surface area contributed by atoms with Crippen molar-refractivity contribution in [1.82, 2.24) is 20.1 Å². The van der Waals surface area contributed by atoms with Gasteiger partial charge >= 0.3 is 6.03 Å². The van der Waals surface area contributed by atoms with Crippen molar-refractivity contribution in [3.63, 3.8) is 0 Å². The number of nitrogens with zero attached hydrogens (tertiary/aromatic N) is 3. The average molecular weight is 435 g/mol. The highest BCUT2D eigenvalue weighted by Crippen LogP contribution is 2.42. The molecule has 170 valence electrons. The molecular formula is C26H34N4O2. The molecule has 1 aliphatic carbocycles. The molecule has 5 rings (SSSR count). The summed E-state index contributed by atoms with van der Waals surface area (Å²) >= 11 is 0. The van der Waals surface area contributed by atoms with Crippen molar-refractivity contribution in [2.24, 2.45) is 0 Å². The van der Waals surface area contributed by atoms with Crippen LogP contribution in [0.4, 0.5) is 4.79 Å². The Bertz CT molecular complexity index is 898. The molecule has 6 nitrogen and oxygen atoms in total. The molecule has 0 unspecified atom stereocenters. The Hall–Kier alpha value is -2.44. The quantitative estimate of drug-likeness (QED) is 0.771. The summed E-state index contributed by atoms with van der Waals surface area (Å²) in [5.74, 6) is 0.242. The van der Waals surface area contributed by atoms with Crippen molar-refractivity contribution < 1.29 is 9.90 Å². The second-order valence-electron chi connectivity index (χ2n) is 9.52. The molecule has 32 heavy (non-hydrogen) atoms. The lowest BCUT2D eigenvalue weighted by atomic mass is 9.74. The minimum Gasteiger partial charge on any atom is -0.395 e. The van der Waals surface area contributed by atoms with Crippen LogP contribution in [-0.2, 0) is 0 Å². The molecule has 6 heteroatoms. The fraction of sp³-hybridized carbons (Fsp3) is 0.538. The number of benzene rings is 1. The number of aromatic nitrogens is 1. The van der Waals surface area contributed by atoms with Crippen molar-refractivity contribution >= 4 is 6.03 Å². The maximum Gasteiger partial charge on any atom is 0.317 e. The van der Waals surface area contributed by atoms with Gasteiger partial charge in [-0.05, 0) is 61.1 Å². The van der Waals surface area contributed by atoms with Crippen molar-refractivity contribution in [2.45, 2.75) is 62.6 Å². The van der Waals surface area contributed by atoms with Gasteiger partial charge in [0.2, 0.25) is 0 Å². The molecule has 1 aromatic carbocycles. The third-order valence-electron chi connectivity index (χ3n) is 7.65. The van der Waals surface area contributed by atoms with E-state index in [0.717, 1.165) is 50.9 Å². The minimum atomic E-state index is 0.0954. The normalized spacial score (nSPS) is 26.7. The maximum absolute atomic E-state index is 13.0. The van der Waals surface area contributed by atoms with Crippen LogP contribution in [0, 0.1) is 0 Å². The maximum atomic E-state index is 13.0. The van der Waals surface area contributed by atoms with Gasteiger partial charge in [-0.25, -0.2) is 4.79 Å². The molecule has 0 radical (unpaired) electrons. The van der Waals surface area contributed by atoms with Crippen LogP contribution in [-0.4, -0.2) is 70.3 Å². The summed E-state index contributed by atoms with van der Waals surface area (Å²) in [6.07, 6.45) is 10.4. The highest BCUT2D eigenvalue weighted by molar-refractivity contribution is 5.74. The van der Waals surface area contributed by atoms with Gasteiger partial charge in [-0.2, -0.15) is 0 Å². The van der Waals surface area contributed by atoms with E-state index >= 15 is 0 Å². The number of aliphatic hydroxyl groups excluding tert-OH is 1. The molecule has 2 aliphatic heterocycles. The molecule has 1 aromatic heterocycles. The lowest BCUT2D eigenvalue weighted by Gasteiger charge is -2.57. The summed E-state index contributed by atoms with van der Waals surface area (Å²) in [6.45, 7) is 2.70. The summed E-state index contributed by atoms with van der Waals surface area (Å²) in [6, 6.07) is 13.6. The number of nitrogens with one attached hydrogen (secondary N) is 1. The predicted octanol–water partition coefficient (Wildman–Crippen LogP) is 3.63. The number of hydrogen-bond donors (Lipinski definition) is 2. The number of rotatable bonds is 4. The van der Waals surface area contributed by atoms with Gasteiger partial charge in [-0.15, -0.1) is 0 Å². The van der Waals surface area contributed by atoms with Crippen molar-refractivity contribution in [2.75, 3.05) is 26.2 Å². The molecule has 2 aromatic rings. The summed E-state index contributed by atoms with van der Waals surface area (Å²) in [5, 5.41) is 13.5. The van der Waals surface area contributed by atoms with Gasteiger partial charge in [-0.3, -0.25) is 9.88 Å². The first-order chi connectivity index (χ1) is 15.7. The lowest BCUT2D eigenvalue weighted by molar-refractivity contribution is -0.0591. The highest BCUT2D eigenvalue weighted by Gasteiger charge is 2.49. The molecule has 3 atom stereocenters. The second kappa shape index (κ2) is 9.59. The zero-order valence-electron chi connectivity index (χ0n) is 18.7. The van der Waals surface area contributed by atoms with E-state index in [2.05, 4.69) is 39.5 Å². The number of amides is 2. The zero-order chi connectivity index (χ0) is 21.9. The van der Waals surface area contributed by atoms with E-state index < -0.39 is 0 Å². The van der Waals surface area contributed by atoms with E-state index in [1.165, 1.54) is 24.0 Å². The largest absolute Gasteiger partial charge is 0.395 e. The van der Waals surface area contributed by atoms with Gasteiger partial charge in [0.05, 0.1) is 6.61 Å². The molecule has 0 spiro atoms. The van der Waals surface area contributed by atoms with Crippen LogP contribution >= 0.6 is 0 Å². The second-order valence-corrected chi connectivity index (χ2v) is 9.52. The van der Waals surface area contributed by atoms with Crippen LogP contribution in [0.5, 0.6) is 0 Å². The Morgan fingerprint density at radius 3 is 2.38 bits per heavy atom. The van der Waals surface area contributed by atoms with Crippen molar-refractivity contribution in [3.8, 4) is 11.1 Å². The third kappa shape index (κ3) is 4.26. The number of hydrogen-bond acceptors (Lipinski definition) is 4. The number of pyridine rings is 1. The van der Waals surface area contributed by atoms with Crippen LogP contribution in [0.3, 0.4) is 0 Å². The summed E-state index contributed by atoms with van der Waals surface area (Å²) in [7, 11) is 0. The van der Waals surface area contributed by atoms with E-state index in [9.17, 15) is 9.90 Å². The first-order valence-corrected chi connectivity index (χ1v) is 12.2. The summed E-state index contributed by atoms with van der Waals surface area (Å²) in [4.78, 5) is 21.6. The van der Waals surface area contributed by atoms with E-state index in [4.69, 9.17) is 0 Å². The molecule has 3 fully saturated rings. The van der Waals surface area contributed by atoms with Crippen molar-refractivity contribution in [3.05, 3.63) is 54.4 Å². The molecular weight excluding hydrogens is 400 g/mol. The standard InChI is InChI=1S/C26H34N4O2/c31-18-24-25(21-9-7-19(8-10-21)20-11-13-27-14-12-20)23-17-29(15-3-4-16-30(23)24)26(32)28-22-5-1-2-6-22/h7-14,22-25,31H,1-6,15-18H2,(H,28,32)/t23-,24-,25-/m1/s1. The van der Waals surface area contributed by atoms with Gasteiger partial charge in [-0.1, -0.05) is 37.1 Å². The van der Waals surface area contributed by atoms with Crippen LogP contribution in [0.1, 0.15) is 50.0 Å². The highest BCUT2D eigenvalue weighted by atomic mass is 16.3. The molecule has 2 amide bonds. The van der Waals surface area contributed by atoms with E-state index in [1.807, 2.05) is 29.4 Å². The van der Waals surface area contributed by atoms with Gasteiger partial charge in [0.15, 0.2) is 0 Å². The van der Waals surface area contributed by atoms with Gasteiger partial charge in [0.25, 0.3) is 0 Å².